The van der Waals surface area contributed by atoms with Crippen LogP contribution in [0.3, 0.4) is 0 Å². The van der Waals surface area contributed by atoms with Crippen LogP contribution in [0.4, 0.5) is 5.95 Å². The summed E-state index contributed by atoms with van der Waals surface area (Å²) in [6.07, 6.45) is 1.67. The van der Waals surface area contributed by atoms with E-state index in [1.54, 1.807) is 6.20 Å². The third kappa shape index (κ3) is 3.27. The lowest BCUT2D eigenvalue weighted by atomic mass is 10.1. The zero-order valence-electron chi connectivity index (χ0n) is 16.4. The Balaban J connectivity index is 1.52. The van der Waals surface area contributed by atoms with Crippen LogP contribution in [0.15, 0.2) is 6.20 Å². The maximum absolute atomic E-state index is 13.1. The first-order chi connectivity index (χ1) is 12.9. The van der Waals surface area contributed by atoms with Crippen molar-refractivity contribution in [3.8, 4) is 0 Å². The zero-order valence-corrected chi connectivity index (χ0v) is 16.4. The Labute approximate surface area is 159 Å². The molecule has 0 N–H and O–H groups in total. The van der Waals surface area contributed by atoms with Crippen molar-refractivity contribution in [3.63, 3.8) is 0 Å². The van der Waals surface area contributed by atoms with Crippen LogP contribution in [-0.4, -0.2) is 80.2 Å². The van der Waals surface area contributed by atoms with E-state index < -0.39 is 0 Å². The van der Waals surface area contributed by atoms with E-state index in [1.165, 1.54) is 0 Å². The van der Waals surface area contributed by atoms with E-state index in [0.29, 0.717) is 24.6 Å². The number of aryl methyl sites for hydroxylation is 2. The molecule has 9 nitrogen and oxygen atoms in total. The summed E-state index contributed by atoms with van der Waals surface area (Å²) in [7, 11) is 2.12. The molecule has 144 valence electrons. The standard InChI is InChI=1S/C18H26N8O/c1-12-10-25(11-16-22-21-14(3)26(12)16)17(27)15-9-19-18(20-13(15)2)24-7-5-23(4)6-8-24/h9,12H,5-8,10-11H2,1-4H3/t12-/m1/s1. The second kappa shape index (κ2) is 6.88. The van der Waals surface area contributed by atoms with E-state index >= 15 is 0 Å². The minimum atomic E-state index is -0.0452. The summed E-state index contributed by atoms with van der Waals surface area (Å²) in [6.45, 7) is 10.8. The molecule has 2 aromatic rings. The van der Waals surface area contributed by atoms with Gasteiger partial charge in [-0.05, 0) is 27.8 Å². The Morgan fingerprint density at radius 1 is 1.15 bits per heavy atom. The lowest BCUT2D eigenvalue weighted by Gasteiger charge is -2.33. The number of nitrogens with zero attached hydrogens (tertiary/aromatic N) is 8. The van der Waals surface area contributed by atoms with Crippen LogP contribution >= 0.6 is 0 Å². The van der Waals surface area contributed by atoms with Crippen molar-refractivity contribution in [2.45, 2.75) is 33.4 Å². The summed E-state index contributed by atoms with van der Waals surface area (Å²) in [5.41, 5.74) is 1.28. The number of hydrogen-bond acceptors (Lipinski definition) is 7. The molecule has 9 heteroatoms. The Kier molecular flexibility index (Phi) is 4.55. The molecule has 2 aliphatic heterocycles. The Bertz CT molecular complexity index is 855. The van der Waals surface area contributed by atoms with Crippen LogP contribution in [0.2, 0.25) is 0 Å². The number of anilines is 1. The number of fused-ring (bicyclic) bond motifs is 1. The van der Waals surface area contributed by atoms with Crippen LogP contribution in [-0.2, 0) is 6.54 Å². The summed E-state index contributed by atoms with van der Waals surface area (Å²) in [4.78, 5) is 28.5. The third-order valence-electron chi connectivity index (χ3n) is 5.46. The van der Waals surface area contributed by atoms with E-state index in [2.05, 4.69) is 48.5 Å². The minimum Gasteiger partial charge on any atom is -0.338 e. The molecular formula is C18H26N8O. The van der Waals surface area contributed by atoms with Crippen molar-refractivity contribution in [3.05, 3.63) is 29.1 Å². The first kappa shape index (κ1) is 17.8. The number of rotatable bonds is 2. The average molecular weight is 370 g/mol. The maximum Gasteiger partial charge on any atom is 0.257 e. The summed E-state index contributed by atoms with van der Waals surface area (Å²) < 4.78 is 2.10. The number of amides is 1. The predicted molar refractivity (Wildman–Crippen MR) is 101 cm³/mol. The molecule has 0 aromatic carbocycles. The molecule has 1 amide bonds. The molecule has 0 spiro atoms. The highest BCUT2D eigenvalue weighted by molar-refractivity contribution is 5.95. The fourth-order valence-electron chi connectivity index (χ4n) is 3.88. The average Bonchev–Trinajstić information content (AvgIpc) is 3.03. The second-order valence-electron chi connectivity index (χ2n) is 7.53. The Morgan fingerprint density at radius 2 is 1.89 bits per heavy atom. The normalized spacial score (nSPS) is 20.7. The molecule has 27 heavy (non-hydrogen) atoms. The first-order valence-electron chi connectivity index (χ1n) is 9.41. The van der Waals surface area contributed by atoms with E-state index in [4.69, 9.17) is 0 Å². The molecule has 1 atom stereocenters. The van der Waals surface area contributed by atoms with Gasteiger partial charge in [0.2, 0.25) is 5.95 Å². The van der Waals surface area contributed by atoms with Gasteiger partial charge in [0.25, 0.3) is 5.91 Å². The van der Waals surface area contributed by atoms with E-state index in [9.17, 15) is 4.79 Å². The molecule has 0 bridgehead atoms. The van der Waals surface area contributed by atoms with Gasteiger partial charge in [-0.3, -0.25) is 4.79 Å². The molecule has 0 saturated carbocycles. The fourth-order valence-corrected chi connectivity index (χ4v) is 3.88. The predicted octanol–water partition coefficient (Wildman–Crippen LogP) is 0.654. The summed E-state index contributed by atoms with van der Waals surface area (Å²) in [6, 6.07) is 0.151. The summed E-state index contributed by atoms with van der Waals surface area (Å²) in [5.74, 6) is 2.38. The van der Waals surface area contributed by atoms with Crippen LogP contribution in [0.1, 0.15) is 40.7 Å². The van der Waals surface area contributed by atoms with E-state index in [-0.39, 0.29) is 11.9 Å². The van der Waals surface area contributed by atoms with Crippen molar-refractivity contribution in [1.29, 1.82) is 0 Å². The highest BCUT2D eigenvalue weighted by atomic mass is 16.2. The van der Waals surface area contributed by atoms with Gasteiger partial charge in [-0.25, -0.2) is 9.97 Å². The SMILES string of the molecule is Cc1nc(N2CCN(C)CC2)ncc1C(=O)N1Cc2nnc(C)n2[C@H](C)C1. The van der Waals surface area contributed by atoms with Crippen molar-refractivity contribution in [1.82, 2.24) is 34.5 Å². The van der Waals surface area contributed by atoms with Crippen molar-refractivity contribution >= 4 is 11.9 Å². The molecule has 2 aromatic heterocycles. The van der Waals surface area contributed by atoms with Crippen LogP contribution in [0, 0.1) is 13.8 Å². The fraction of sp³-hybridized carbons (Fsp3) is 0.611. The maximum atomic E-state index is 13.1. The first-order valence-corrected chi connectivity index (χ1v) is 9.41. The molecule has 1 saturated heterocycles. The molecule has 0 aliphatic carbocycles. The number of carbonyl (C=O) groups is 1. The van der Waals surface area contributed by atoms with Gasteiger partial charge in [-0.1, -0.05) is 0 Å². The quantitative estimate of drug-likeness (QED) is 0.768. The number of aromatic nitrogens is 5. The third-order valence-corrected chi connectivity index (χ3v) is 5.46. The monoisotopic (exact) mass is 370 g/mol. The van der Waals surface area contributed by atoms with Crippen molar-refractivity contribution in [2.75, 3.05) is 44.7 Å². The molecular weight excluding hydrogens is 344 g/mol. The number of piperazine rings is 1. The molecule has 1 fully saturated rings. The molecule has 0 unspecified atom stereocenters. The van der Waals surface area contributed by atoms with Gasteiger partial charge < -0.3 is 19.3 Å². The van der Waals surface area contributed by atoms with Gasteiger partial charge in [0.1, 0.15) is 5.82 Å². The van der Waals surface area contributed by atoms with Gasteiger partial charge in [-0.2, -0.15) is 0 Å². The largest absolute Gasteiger partial charge is 0.338 e. The summed E-state index contributed by atoms with van der Waals surface area (Å²) >= 11 is 0. The van der Waals surface area contributed by atoms with Gasteiger partial charge in [-0.15, -0.1) is 10.2 Å². The highest BCUT2D eigenvalue weighted by Crippen LogP contribution is 2.23. The topological polar surface area (TPSA) is 83.3 Å². The van der Waals surface area contributed by atoms with Crippen molar-refractivity contribution in [2.24, 2.45) is 0 Å². The van der Waals surface area contributed by atoms with E-state index in [0.717, 1.165) is 43.5 Å². The smallest absolute Gasteiger partial charge is 0.257 e. The zero-order chi connectivity index (χ0) is 19.1. The Hall–Kier alpha value is -2.55. The van der Waals surface area contributed by atoms with Gasteiger partial charge in [0.15, 0.2) is 5.82 Å². The second-order valence-corrected chi connectivity index (χ2v) is 7.53. The molecule has 4 rings (SSSR count). The number of carbonyl (C=O) groups excluding carboxylic acids is 1. The van der Waals surface area contributed by atoms with E-state index in [1.807, 2.05) is 18.7 Å². The molecule has 4 heterocycles. The van der Waals surface area contributed by atoms with Gasteiger partial charge in [0.05, 0.1) is 23.8 Å². The Morgan fingerprint density at radius 3 is 2.59 bits per heavy atom. The van der Waals surface area contributed by atoms with Gasteiger partial charge in [0, 0.05) is 38.9 Å². The minimum absolute atomic E-state index is 0.0452. The van der Waals surface area contributed by atoms with Crippen LogP contribution in [0.25, 0.3) is 0 Å². The highest BCUT2D eigenvalue weighted by Gasteiger charge is 2.30. The van der Waals surface area contributed by atoms with Crippen molar-refractivity contribution < 1.29 is 4.79 Å². The van der Waals surface area contributed by atoms with Gasteiger partial charge >= 0.3 is 0 Å². The number of hydrogen-bond donors (Lipinski definition) is 0. The lowest BCUT2D eigenvalue weighted by Crippen LogP contribution is -2.45. The molecule has 0 radical (unpaired) electrons. The van der Waals surface area contributed by atoms with Crippen LogP contribution < -0.4 is 4.90 Å². The summed E-state index contributed by atoms with van der Waals surface area (Å²) in [5, 5.41) is 8.36. The number of likely N-dealkylation sites (N-methyl/N-ethyl adjacent to an activating group) is 1. The lowest BCUT2D eigenvalue weighted by molar-refractivity contribution is 0.0678. The molecule has 2 aliphatic rings. The van der Waals surface area contributed by atoms with Crippen LogP contribution in [0.5, 0.6) is 0 Å².